The standard InChI is InChI=1S/C22H23F3N4O2S/c1-3-13-7-9-29(10-8-13)21-28-16-11-17(31-2)15(12-18(16)32-21)27-20(30)14-5-4-6-19(26-14)22(23,24)25/h4-6,11-13H,3,7-10H2,1-2H3,(H,27,30). The molecule has 1 aliphatic heterocycles. The van der Waals surface area contributed by atoms with E-state index in [1.165, 1.54) is 30.9 Å². The Morgan fingerprint density at radius 2 is 2.00 bits per heavy atom. The molecule has 0 radical (unpaired) electrons. The van der Waals surface area contributed by atoms with Gasteiger partial charge in [0, 0.05) is 19.2 Å². The number of aromatic nitrogens is 2. The smallest absolute Gasteiger partial charge is 0.433 e. The van der Waals surface area contributed by atoms with Crippen LogP contribution in [0.4, 0.5) is 24.0 Å². The zero-order valence-corrected chi connectivity index (χ0v) is 18.5. The van der Waals surface area contributed by atoms with Crippen molar-refractivity contribution in [1.82, 2.24) is 9.97 Å². The second-order valence-electron chi connectivity index (χ2n) is 7.72. The highest BCUT2D eigenvalue weighted by molar-refractivity contribution is 7.22. The van der Waals surface area contributed by atoms with E-state index >= 15 is 0 Å². The summed E-state index contributed by atoms with van der Waals surface area (Å²) in [4.78, 5) is 23.0. The number of thiazole rings is 1. The summed E-state index contributed by atoms with van der Waals surface area (Å²) in [5.41, 5.74) is -0.351. The Morgan fingerprint density at radius 3 is 2.66 bits per heavy atom. The van der Waals surface area contributed by atoms with Crippen LogP contribution in [-0.4, -0.2) is 36.1 Å². The third-order valence-corrected chi connectivity index (χ3v) is 6.76. The Kier molecular flexibility index (Phi) is 6.23. The van der Waals surface area contributed by atoms with E-state index in [4.69, 9.17) is 9.72 Å². The number of piperidine rings is 1. The summed E-state index contributed by atoms with van der Waals surface area (Å²) in [5.74, 6) is 0.381. The lowest BCUT2D eigenvalue weighted by Crippen LogP contribution is -2.33. The van der Waals surface area contributed by atoms with Crippen LogP contribution >= 0.6 is 11.3 Å². The molecule has 0 atom stereocenters. The van der Waals surface area contributed by atoms with Crippen molar-refractivity contribution in [1.29, 1.82) is 0 Å². The number of hydrogen-bond acceptors (Lipinski definition) is 6. The van der Waals surface area contributed by atoms with Gasteiger partial charge in [0.1, 0.15) is 17.1 Å². The van der Waals surface area contributed by atoms with Gasteiger partial charge in [-0.2, -0.15) is 13.2 Å². The van der Waals surface area contributed by atoms with Gasteiger partial charge in [0.15, 0.2) is 5.13 Å². The predicted molar refractivity (Wildman–Crippen MR) is 119 cm³/mol. The van der Waals surface area contributed by atoms with Crippen LogP contribution in [0, 0.1) is 5.92 Å². The number of amides is 1. The molecule has 3 heterocycles. The number of carbonyl (C=O) groups excluding carboxylic acids is 1. The second-order valence-corrected chi connectivity index (χ2v) is 8.72. The number of halogens is 3. The molecule has 0 spiro atoms. The van der Waals surface area contributed by atoms with Gasteiger partial charge in [-0.05, 0) is 37.0 Å². The number of benzene rings is 1. The van der Waals surface area contributed by atoms with E-state index in [9.17, 15) is 18.0 Å². The van der Waals surface area contributed by atoms with Crippen LogP contribution in [0.25, 0.3) is 10.2 Å². The minimum absolute atomic E-state index is 0.328. The minimum Gasteiger partial charge on any atom is -0.494 e. The number of pyridine rings is 1. The number of carbonyl (C=O) groups is 1. The molecule has 1 aromatic carbocycles. The van der Waals surface area contributed by atoms with Gasteiger partial charge in [0.05, 0.1) is 23.0 Å². The van der Waals surface area contributed by atoms with Crippen molar-refractivity contribution in [3.8, 4) is 5.75 Å². The first-order valence-electron chi connectivity index (χ1n) is 10.4. The quantitative estimate of drug-likeness (QED) is 0.533. The molecule has 2 aromatic heterocycles. The summed E-state index contributed by atoms with van der Waals surface area (Å²) < 4.78 is 45.0. The van der Waals surface area contributed by atoms with Crippen LogP contribution in [-0.2, 0) is 6.18 Å². The van der Waals surface area contributed by atoms with E-state index in [0.29, 0.717) is 11.4 Å². The first-order chi connectivity index (χ1) is 15.3. The monoisotopic (exact) mass is 464 g/mol. The summed E-state index contributed by atoms with van der Waals surface area (Å²) in [5, 5.41) is 3.54. The molecule has 0 saturated carbocycles. The van der Waals surface area contributed by atoms with Crippen LogP contribution in [0.2, 0.25) is 0 Å². The van der Waals surface area contributed by atoms with E-state index in [1.54, 1.807) is 12.1 Å². The molecule has 1 saturated heterocycles. The number of rotatable bonds is 5. The molecule has 1 aliphatic rings. The molecule has 10 heteroatoms. The first-order valence-corrected chi connectivity index (χ1v) is 11.2. The number of alkyl halides is 3. The Balaban J connectivity index is 1.58. The largest absolute Gasteiger partial charge is 0.494 e. The average Bonchev–Trinajstić information content (AvgIpc) is 3.21. The van der Waals surface area contributed by atoms with Crippen molar-refractivity contribution < 1.29 is 22.7 Å². The molecule has 1 amide bonds. The average molecular weight is 465 g/mol. The molecule has 0 aliphatic carbocycles. The van der Waals surface area contributed by atoms with Crippen LogP contribution in [0.1, 0.15) is 42.4 Å². The van der Waals surface area contributed by atoms with Crippen LogP contribution < -0.4 is 15.0 Å². The van der Waals surface area contributed by atoms with E-state index in [-0.39, 0.29) is 5.69 Å². The van der Waals surface area contributed by atoms with Crippen molar-refractivity contribution in [3.05, 3.63) is 41.7 Å². The third kappa shape index (κ3) is 4.64. The SMILES string of the molecule is CCC1CCN(c2nc3cc(OC)c(NC(=O)c4cccc(C(F)(F)F)n4)cc3s2)CC1. The van der Waals surface area contributed by atoms with Gasteiger partial charge < -0.3 is 15.0 Å². The predicted octanol–water partition coefficient (Wildman–Crippen LogP) is 5.60. The molecule has 170 valence electrons. The molecule has 0 bridgehead atoms. The molecule has 1 fully saturated rings. The number of nitrogens with one attached hydrogen (secondary N) is 1. The lowest BCUT2D eigenvalue weighted by Gasteiger charge is -2.31. The fraction of sp³-hybridized carbons (Fsp3) is 0.409. The molecule has 6 nitrogen and oxygen atoms in total. The summed E-state index contributed by atoms with van der Waals surface area (Å²) in [6, 6.07) is 6.68. The van der Waals surface area contributed by atoms with Gasteiger partial charge in [0.25, 0.3) is 5.91 Å². The first kappa shape index (κ1) is 22.3. The van der Waals surface area contributed by atoms with Crippen molar-refractivity contribution in [3.63, 3.8) is 0 Å². The third-order valence-electron chi connectivity index (χ3n) is 5.68. The zero-order valence-electron chi connectivity index (χ0n) is 17.7. The van der Waals surface area contributed by atoms with Gasteiger partial charge in [-0.15, -0.1) is 0 Å². The highest BCUT2D eigenvalue weighted by Crippen LogP contribution is 2.37. The normalized spacial score (nSPS) is 15.2. The van der Waals surface area contributed by atoms with Crippen molar-refractivity contribution in [2.45, 2.75) is 32.4 Å². The number of anilines is 2. The number of methoxy groups -OCH3 is 1. The lowest BCUT2D eigenvalue weighted by atomic mass is 9.95. The van der Waals surface area contributed by atoms with Crippen LogP contribution in [0.3, 0.4) is 0 Å². The molecule has 3 aromatic rings. The Labute approximate surface area is 187 Å². The summed E-state index contributed by atoms with van der Waals surface area (Å²) >= 11 is 1.52. The Morgan fingerprint density at radius 1 is 1.25 bits per heavy atom. The fourth-order valence-electron chi connectivity index (χ4n) is 3.78. The summed E-state index contributed by atoms with van der Waals surface area (Å²) in [6.07, 6.45) is -1.16. The fourth-order valence-corrected chi connectivity index (χ4v) is 4.82. The van der Waals surface area contributed by atoms with Crippen molar-refractivity contribution >= 4 is 38.3 Å². The number of ether oxygens (including phenoxy) is 1. The highest BCUT2D eigenvalue weighted by Gasteiger charge is 2.33. The Bertz CT molecular complexity index is 1120. The molecule has 1 N–H and O–H groups in total. The molecular weight excluding hydrogens is 441 g/mol. The molecule has 32 heavy (non-hydrogen) atoms. The van der Waals surface area contributed by atoms with Crippen molar-refractivity contribution in [2.24, 2.45) is 5.92 Å². The second kappa shape index (κ2) is 8.93. The van der Waals surface area contributed by atoms with Gasteiger partial charge in [-0.1, -0.05) is 30.7 Å². The number of nitrogens with zero attached hydrogens (tertiary/aromatic N) is 3. The summed E-state index contributed by atoms with van der Waals surface area (Å²) in [6.45, 7) is 4.13. The topological polar surface area (TPSA) is 67.3 Å². The molecule has 0 unspecified atom stereocenters. The minimum atomic E-state index is -4.63. The lowest BCUT2D eigenvalue weighted by molar-refractivity contribution is -0.141. The van der Waals surface area contributed by atoms with E-state index in [2.05, 4.69) is 22.1 Å². The van der Waals surface area contributed by atoms with Gasteiger partial charge in [0.2, 0.25) is 0 Å². The van der Waals surface area contributed by atoms with Gasteiger partial charge in [-0.3, -0.25) is 4.79 Å². The highest BCUT2D eigenvalue weighted by atomic mass is 32.1. The summed E-state index contributed by atoms with van der Waals surface area (Å²) in [7, 11) is 1.46. The number of fused-ring (bicyclic) bond motifs is 1. The number of hydrogen-bond donors (Lipinski definition) is 1. The maximum Gasteiger partial charge on any atom is 0.433 e. The molecular formula is C22H23F3N4O2S. The van der Waals surface area contributed by atoms with Crippen molar-refractivity contribution in [2.75, 3.05) is 30.4 Å². The van der Waals surface area contributed by atoms with E-state index in [1.807, 2.05) is 0 Å². The van der Waals surface area contributed by atoms with E-state index < -0.39 is 17.8 Å². The van der Waals surface area contributed by atoms with Gasteiger partial charge >= 0.3 is 6.18 Å². The maximum absolute atomic E-state index is 12.9. The molecule has 4 rings (SSSR count). The van der Waals surface area contributed by atoms with E-state index in [0.717, 1.165) is 59.3 Å². The zero-order chi connectivity index (χ0) is 22.9. The van der Waals surface area contributed by atoms with Crippen LogP contribution in [0.15, 0.2) is 30.3 Å². The van der Waals surface area contributed by atoms with Crippen LogP contribution in [0.5, 0.6) is 5.75 Å². The van der Waals surface area contributed by atoms with Gasteiger partial charge in [-0.25, -0.2) is 9.97 Å². The Hall–Kier alpha value is -2.88. The maximum atomic E-state index is 12.9.